The molecular formula is C19H16Br2N4. The molecule has 0 amide bonds. The molecule has 0 aliphatic carbocycles. The number of imidazole rings is 1. The molecule has 25 heavy (non-hydrogen) atoms. The molecule has 2 heterocycles. The van der Waals surface area contributed by atoms with Crippen molar-refractivity contribution in [2.45, 2.75) is 12.1 Å². The van der Waals surface area contributed by atoms with Gasteiger partial charge in [-0.2, -0.15) is 5.10 Å². The third-order valence-corrected chi connectivity index (χ3v) is 5.50. The Bertz CT molecular complexity index is 886. The van der Waals surface area contributed by atoms with E-state index in [0.29, 0.717) is 0 Å². The Morgan fingerprint density at radius 2 is 1.52 bits per heavy atom. The first-order valence-corrected chi connectivity index (χ1v) is 9.52. The molecule has 2 atom stereocenters. The van der Waals surface area contributed by atoms with E-state index in [9.17, 15) is 0 Å². The van der Waals surface area contributed by atoms with E-state index < -0.39 is 0 Å². The molecule has 0 bridgehead atoms. The summed E-state index contributed by atoms with van der Waals surface area (Å²) in [7, 11) is 2.03. The maximum atomic E-state index is 4.88. The Labute approximate surface area is 163 Å². The van der Waals surface area contributed by atoms with Gasteiger partial charge >= 0.3 is 0 Å². The topological polar surface area (TPSA) is 33.4 Å². The highest BCUT2D eigenvalue weighted by molar-refractivity contribution is 9.10. The van der Waals surface area contributed by atoms with Crippen LogP contribution in [0.15, 0.2) is 81.3 Å². The lowest BCUT2D eigenvalue weighted by Gasteiger charge is -2.26. The molecule has 1 aromatic heterocycles. The molecule has 126 valence electrons. The Balaban J connectivity index is 1.80. The minimum atomic E-state index is 0.0647. The zero-order valence-electron chi connectivity index (χ0n) is 13.6. The largest absolute Gasteiger partial charge is 0.326 e. The zero-order chi connectivity index (χ0) is 17.4. The summed E-state index contributed by atoms with van der Waals surface area (Å²) in [6, 6.07) is 16.9. The summed E-state index contributed by atoms with van der Waals surface area (Å²) in [5, 5.41) is 6.93. The van der Waals surface area contributed by atoms with Crippen molar-refractivity contribution in [3.8, 4) is 0 Å². The van der Waals surface area contributed by atoms with Crippen LogP contribution in [0.4, 0.5) is 0 Å². The SMILES string of the molecule is CN1N=C(c2ccc(Br)cc2)[C@@H](n2ccnc2)[C@H]1c1ccc(Br)cc1. The van der Waals surface area contributed by atoms with Crippen LogP contribution in [0.5, 0.6) is 0 Å². The fourth-order valence-electron chi connectivity index (χ4n) is 3.29. The number of likely N-dealkylation sites (N-methyl/N-ethyl adjacent to an activating group) is 1. The Morgan fingerprint density at radius 1 is 0.880 bits per heavy atom. The number of benzene rings is 2. The molecule has 0 spiro atoms. The first kappa shape index (κ1) is 16.5. The van der Waals surface area contributed by atoms with Gasteiger partial charge in [-0.3, -0.25) is 5.01 Å². The van der Waals surface area contributed by atoms with Crippen molar-refractivity contribution >= 4 is 37.6 Å². The molecule has 0 radical (unpaired) electrons. The Kier molecular flexibility index (Phi) is 4.48. The van der Waals surface area contributed by atoms with Gasteiger partial charge in [-0.1, -0.05) is 56.1 Å². The predicted octanol–water partition coefficient (Wildman–Crippen LogP) is 5.04. The van der Waals surface area contributed by atoms with Crippen molar-refractivity contribution in [3.05, 3.63) is 87.3 Å². The molecule has 0 fully saturated rings. The summed E-state index contributed by atoms with van der Waals surface area (Å²) in [6.45, 7) is 0. The molecule has 0 saturated heterocycles. The van der Waals surface area contributed by atoms with Gasteiger partial charge in [0.1, 0.15) is 6.04 Å². The fraction of sp³-hybridized carbons (Fsp3) is 0.158. The van der Waals surface area contributed by atoms with Crippen molar-refractivity contribution in [1.82, 2.24) is 14.6 Å². The van der Waals surface area contributed by atoms with Gasteiger partial charge < -0.3 is 4.57 Å². The van der Waals surface area contributed by atoms with Gasteiger partial charge in [0.2, 0.25) is 0 Å². The molecule has 3 aromatic rings. The lowest BCUT2D eigenvalue weighted by Crippen LogP contribution is -2.26. The number of halogens is 2. The fourth-order valence-corrected chi connectivity index (χ4v) is 3.82. The van der Waals surface area contributed by atoms with Gasteiger partial charge in [0.05, 0.1) is 18.1 Å². The van der Waals surface area contributed by atoms with E-state index in [1.165, 1.54) is 5.56 Å². The van der Waals surface area contributed by atoms with Crippen molar-refractivity contribution in [1.29, 1.82) is 0 Å². The van der Waals surface area contributed by atoms with Crippen LogP contribution in [-0.2, 0) is 0 Å². The van der Waals surface area contributed by atoms with Crippen molar-refractivity contribution in [2.75, 3.05) is 7.05 Å². The van der Waals surface area contributed by atoms with Crippen LogP contribution in [-0.4, -0.2) is 27.3 Å². The predicted molar refractivity (Wildman–Crippen MR) is 107 cm³/mol. The summed E-state index contributed by atoms with van der Waals surface area (Å²) in [6.07, 6.45) is 5.68. The van der Waals surface area contributed by atoms with Crippen LogP contribution in [0, 0.1) is 0 Å². The highest BCUT2D eigenvalue weighted by Gasteiger charge is 2.38. The number of hydrogen-bond donors (Lipinski definition) is 0. The van der Waals surface area contributed by atoms with Crippen LogP contribution < -0.4 is 0 Å². The standard InChI is InChI=1S/C19H16Br2N4/c1-24-18(14-4-8-16(21)9-5-14)19(25-11-10-22-12-25)17(23-24)13-2-6-15(20)7-3-13/h2-12,18-19H,1H3/t18-,19-/m1/s1. The maximum Gasteiger partial charge on any atom is 0.105 e. The van der Waals surface area contributed by atoms with Crippen molar-refractivity contribution in [2.24, 2.45) is 5.10 Å². The minimum Gasteiger partial charge on any atom is -0.326 e. The van der Waals surface area contributed by atoms with Gasteiger partial charge in [-0.05, 0) is 29.8 Å². The van der Waals surface area contributed by atoms with Gasteiger partial charge in [0.25, 0.3) is 0 Å². The van der Waals surface area contributed by atoms with Crippen LogP contribution in [0.1, 0.15) is 23.2 Å². The molecular weight excluding hydrogens is 444 g/mol. The van der Waals surface area contributed by atoms with E-state index in [2.05, 4.69) is 89.9 Å². The van der Waals surface area contributed by atoms with Crippen LogP contribution in [0.25, 0.3) is 0 Å². The van der Waals surface area contributed by atoms with Gasteiger partial charge in [0, 0.05) is 34.0 Å². The Morgan fingerprint density at radius 3 is 2.12 bits per heavy atom. The zero-order valence-corrected chi connectivity index (χ0v) is 16.7. The van der Waals surface area contributed by atoms with Crippen molar-refractivity contribution < 1.29 is 0 Å². The second-order valence-electron chi connectivity index (χ2n) is 6.02. The van der Waals surface area contributed by atoms with E-state index in [0.717, 1.165) is 20.2 Å². The number of nitrogens with zero attached hydrogens (tertiary/aromatic N) is 4. The normalized spacial score (nSPS) is 20.0. The summed E-state index contributed by atoms with van der Waals surface area (Å²) in [5.74, 6) is 0. The molecule has 6 heteroatoms. The summed E-state index contributed by atoms with van der Waals surface area (Å²) < 4.78 is 4.27. The summed E-state index contributed by atoms with van der Waals surface area (Å²) >= 11 is 7.02. The quantitative estimate of drug-likeness (QED) is 0.549. The summed E-state index contributed by atoms with van der Waals surface area (Å²) in [5.41, 5.74) is 3.38. The number of hydrazone groups is 1. The number of hydrogen-bond acceptors (Lipinski definition) is 3. The van der Waals surface area contributed by atoms with Crippen LogP contribution >= 0.6 is 31.9 Å². The van der Waals surface area contributed by atoms with Gasteiger partial charge in [0.15, 0.2) is 0 Å². The lowest BCUT2D eigenvalue weighted by molar-refractivity contribution is 0.250. The molecule has 4 rings (SSSR count). The third-order valence-electron chi connectivity index (χ3n) is 4.44. The second-order valence-corrected chi connectivity index (χ2v) is 7.85. The monoisotopic (exact) mass is 458 g/mol. The van der Waals surface area contributed by atoms with E-state index in [1.807, 2.05) is 30.8 Å². The molecule has 1 aliphatic heterocycles. The first-order valence-electron chi connectivity index (χ1n) is 7.93. The summed E-state index contributed by atoms with van der Waals surface area (Å²) in [4.78, 5) is 4.25. The first-order chi connectivity index (χ1) is 12.1. The molecule has 2 aromatic carbocycles. The van der Waals surface area contributed by atoms with E-state index in [4.69, 9.17) is 5.10 Å². The van der Waals surface area contributed by atoms with Gasteiger partial charge in [-0.25, -0.2) is 4.98 Å². The van der Waals surface area contributed by atoms with Crippen molar-refractivity contribution in [3.63, 3.8) is 0 Å². The van der Waals surface area contributed by atoms with E-state index >= 15 is 0 Å². The van der Waals surface area contributed by atoms with Gasteiger partial charge in [-0.15, -0.1) is 0 Å². The Hall–Kier alpha value is -1.92. The minimum absolute atomic E-state index is 0.0647. The highest BCUT2D eigenvalue weighted by atomic mass is 79.9. The number of rotatable bonds is 3. The lowest BCUT2D eigenvalue weighted by atomic mass is 9.93. The van der Waals surface area contributed by atoms with E-state index in [1.54, 1.807) is 0 Å². The second kappa shape index (κ2) is 6.77. The molecule has 0 saturated carbocycles. The highest BCUT2D eigenvalue weighted by Crippen LogP contribution is 2.40. The van der Waals surface area contributed by atoms with Crippen LogP contribution in [0.2, 0.25) is 0 Å². The molecule has 4 nitrogen and oxygen atoms in total. The van der Waals surface area contributed by atoms with Crippen LogP contribution in [0.3, 0.4) is 0 Å². The maximum absolute atomic E-state index is 4.88. The third kappa shape index (κ3) is 3.16. The van der Waals surface area contributed by atoms with E-state index in [-0.39, 0.29) is 12.1 Å². The average Bonchev–Trinajstić information content (AvgIpc) is 3.24. The average molecular weight is 460 g/mol. The molecule has 1 aliphatic rings. The smallest absolute Gasteiger partial charge is 0.105 e. The molecule has 0 N–H and O–H groups in total. The molecule has 0 unspecified atom stereocenters. The number of aromatic nitrogens is 2.